The number of aliphatic carboxylic acids is 1. The van der Waals surface area contributed by atoms with Crippen molar-refractivity contribution in [1.29, 1.82) is 0 Å². The number of carbonyl (C=O) groups excluding carboxylic acids is 1. The molecule has 1 aromatic rings. The summed E-state index contributed by atoms with van der Waals surface area (Å²) < 4.78 is 24.4. The van der Waals surface area contributed by atoms with Crippen molar-refractivity contribution in [2.45, 2.75) is 56.4 Å². The Morgan fingerprint density at radius 1 is 1.12 bits per heavy atom. The number of aromatic nitrogens is 1. The summed E-state index contributed by atoms with van der Waals surface area (Å²) in [7, 11) is -3.45. The number of carboxylic acids is 1. The highest BCUT2D eigenvalue weighted by Gasteiger charge is 2.20. The fraction of sp³-hybridized carbons (Fsp3) is 0.650. The van der Waals surface area contributed by atoms with Gasteiger partial charge < -0.3 is 21.9 Å². The molecular weight excluding hydrogens is 454 g/mol. The van der Waals surface area contributed by atoms with Crippen LogP contribution in [0.1, 0.15) is 44.1 Å². The number of carboxylic acid groups (broad SMARTS) is 1. The molecule has 0 aliphatic rings. The second kappa shape index (κ2) is 16.0. The maximum absolute atomic E-state index is 12.2. The van der Waals surface area contributed by atoms with Crippen LogP contribution in [-0.4, -0.2) is 66.5 Å². The number of hydrogen-bond acceptors (Lipinski definition) is 9. The highest BCUT2D eigenvalue weighted by Crippen LogP contribution is 2.14. The van der Waals surface area contributed by atoms with Gasteiger partial charge in [-0.3, -0.25) is 19.9 Å². The first-order valence-corrected chi connectivity index (χ1v) is 13.6. The van der Waals surface area contributed by atoms with Gasteiger partial charge in [0.2, 0.25) is 5.91 Å². The molecule has 1 heterocycles. The molecule has 32 heavy (non-hydrogen) atoms. The minimum absolute atomic E-state index is 0.105. The number of nitrogens with zero attached hydrogens (tertiary/aromatic N) is 1. The van der Waals surface area contributed by atoms with E-state index >= 15 is 0 Å². The summed E-state index contributed by atoms with van der Waals surface area (Å²) in [5, 5.41) is 14.6. The Hall–Kier alpha value is -1.73. The number of nitrogens with two attached hydrogens (primary N) is 2. The number of pyridine rings is 1. The van der Waals surface area contributed by atoms with Gasteiger partial charge in [0.1, 0.15) is 11.9 Å². The number of hydrogen-bond donors (Lipinski definition) is 5. The van der Waals surface area contributed by atoms with Crippen molar-refractivity contribution in [2.75, 3.05) is 24.1 Å². The zero-order valence-electron chi connectivity index (χ0n) is 18.2. The molecule has 0 unspecified atom stereocenters. The van der Waals surface area contributed by atoms with Crippen molar-refractivity contribution < 1.29 is 23.1 Å². The first-order valence-electron chi connectivity index (χ1n) is 10.6. The number of carbonyl (C=O) groups is 2. The average molecular weight is 490 g/mol. The van der Waals surface area contributed by atoms with Gasteiger partial charge in [0, 0.05) is 24.7 Å². The molecule has 2 atom stereocenters. The van der Waals surface area contributed by atoms with Gasteiger partial charge >= 0.3 is 5.97 Å². The summed E-state index contributed by atoms with van der Waals surface area (Å²) in [5.41, 5.74) is 12.2. The summed E-state index contributed by atoms with van der Waals surface area (Å²) in [6.07, 6.45) is 6.83. The van der Waals surface area contributed by atoms with Crippen LogP contribution in [-0.2, 0) is 25.2 Å². The zero-order valence-corrected chi connectivity index (χ0v) is 19.9. The Morgan fingerprint density at radius 3 is 2.47 bits per heavy atom. The topological polar surface area (TPSA) is 177 Å². The molecule has 182 valence electrons. The van der Waals surface area contributed by atoms with Crippen molar-refractivity contribution in [3.63, 3.8) is 0 Å². The first-order chi connectivity index (χ1) is 15.2. The molecule has 0 spiro atoms. The van der Waals surface area contributed by atoms with Gasteiger partial charge in [-0.25, -0.2) is 8.42 Å². The van der Waals surface area contributed by atoms with E-state index in [-0.39, 0.29) is 17.4 Å². The predicted molar refractivity (Wildman–Crippen MR) is 126 cm³/mol. The van der Waals surface area contributed by atoms with Crippen LogP contribution in [0.15, 0.2) is 24.5 Å². The quantitative estimate of drug-likeness (QED) is 0.182. The molecule has 0 aromatic carbocycles. The van der Waals surface area contributed by atoms with Gasteiger partial charge in [0.25, 0.3) is 0 Å². The smallest absolute Gasteiger partial charge is 0.320 e. The van der Waals surface area contributed by atoms with Crippen LogP contribution in [0.5, 0.6) is 0 Å². The summed E-state index contributed by atoms with van der Waals surface area (Å²) in [4.78, 5) is 27.2. The normalized spacial score (nSPS) is 13.4. The Kier molecular flexibility index (Phi) is 14.1. The number of amides is 1. The largest absolute Gasteiger partial charge is 0.480 e. The number of sulfone groups is 1. The lowest BCUT2D eigenvalue weighted by atomic mass is 10.1. The van der Waals surface area contributed by atoms with Crippen LogP contribution in [0.3, 0.4) is 0 Å². The molecule has 0 saturated heterocycles. The molecule has 0 aliphatic carbocycles. The monoisotopic (exact) mass is 489 g/mol. The van der Waals surface area contributed by atoms with E-state index in [1.54, 1.807) is 12.4 Å². The maximum atomic E-state index is 12.2. The molecule has 1 rings (SSSR count). The minimum Gasteiger partial charge on any atom is -0.480 e. The Balaban J connectivity index is 2.25. The third-order valence-corrected chi connectivity index (χ3v) is 7.90. The summed E-state index contributed by atoms with van der Waals surface area (Å²) in [6.45, 7) is 0.957. The van der Waals surface area contributed by atoms with E-state index in [9.17, 15) is 23.1 Å². The van der Waals surface area contributed by atoms with E-state index in [0.29, 0.717) is 38.1 Å². The van der Waals surface area contributed by atoms with E-state index in [0.717, 1.165) is 18.4 Å². The molecule has 0 aliphatic heterocycles. The van der Waals surface area contributed by atoms with Gasteiger partial charge in [-0.2, -0.15) is 0 Å². The average Bonchev–Trinajstić information content (AvgIpc) is 2.75. The van der Waals surface area contributed by atoms with E-state index < -0.39 is 33.8 Å². The highest BCUT2D eigenvalue weighted by molar-refractivity contribution is 8.11. The zero-order chi connectivity index (χ0) is 23.8. The lowest BCUT2D eigenvalue weighted by Crippen LogP contribution is -2.41. The van der Waals surface area contributed by atoms with E-state index in [1.165, 1.54) is 11.8 Å². The van der Waals surface area contributed by atoms with Gasteiger partial charge in [-0.15, -0.1) is 11.8 Å². The van der Waals surface area contributed by atoms with Crippen molar-refractivity contribution in [2.24, 2.45) is 11.5 Å². The number of unbranched alkanes of at least 4 members (excludes halogenated alkanes) is 2. The van der Waals surface area contributed by atoms with Crippen LogP contribution in [0.4, 0.5) is 0 Å². The molecule has 12 heteroatoms. The van der Waals surface area contributed by atoms with Gasteiger partial charge in [0.15, 0.2) is 9.84 Å². The van der Waals surface area contributed by atoms with Crippen molar-refractivity contribution in [3.05, 3.63) is 30.1 Å². The maximum Gasteiger partial charge on any atom is 0.320 e. The van der Waals surface area contributed by atoms with Gasteiger partial charge in [0.05, 0.1) is 11.1 Å². The molecular formula is C20H35N5O5S2. The van der Waals surface area contributed by atoms with E-state index in [2.05, 4.69) is 15.6 Å². The molecule has 10 nitrogen and oxygen atoms in total. The van der Waals surface area contributed by atoms with Crippen molar-refractivity contribution >= 4 is 33.5 Å². The van der Waals surface area contributed by atoms with Crippen molar-refractivity contribution in [1.82, 2.24) is 15.6 Å². The molecule has 7 N–H and O–H groups in total. The van der Waals surface area contributed by atoms with Crippen molar-refractivity contribution in [3.8, 4) is 0 Å². The van der Waals surface area contributed by atoms with E-state index in [4.69, 9.17) is 11.5 Å². The second-order valence-corrected chi connectivity index (χ2v) is 10.9. The molecule has 0 saturated carbocycles. The van der Waals surface area contributed by atoms with Crippen LogP contribution >= 0.6 is 11.8 Å². The highest BCUT2D eigenvalue weighted by atomic mass is 32.3. The third-order valence-electron chi connectivity index (χ3n) is 4.65. The Labute approximate surface area is 194 Å². The fourth-order valence-corrected chi connectivity index (χ4v) is 5.37. The van der Waals surface area contributed by atoms with Crippen LogP contribution < -0.4 is 22.1 Å². The van der Waals surface area contributed by atoms with Gasteiger partial charge in [-0.1, -0.05) is 6.42 Å². The lowest BCUT2D eigenvalue weighted by Gasteiger charge is -2.15. The molecule has 1 aromatic heterocycles. The lowest BCUT2D eigenvalue weighted by molar-refractivity contribution is -0.139. The van der Waals surface area contributed by atoms with Crippen LogP contribution in [0, 0.1) is 0 Å². The number of nitrogens with one attached hydrogen (secondary N) is 2. The molecule has 0 bridgehead atoms. The predicted octanol–water partition coefficient (Wildman–Crippen LogP) is 0.430. The second-order valence-electron chi connectivity index (χ2n) is 7.48. The minimum atomic E-state index is -3.45. The first kappa shape index (κ1) is 28.3. The summed E-state index contributed by atoms with van der Waals surface area (Å²) in [5.74, 6) is -1.20. The third kappa shape index (κ3) is 13.0. The Morgan fingerprint density at radius 2 is 1.81 bits per heavy atom. The van der Waals surface area contributed by atoms with Crippen LogP contribution in [0.2, 0.25) is 0 Å². The standard InChI is InChI=1S/C20H35N5O5S2/c21-9-3-1-5-17(22)19(26)24-10-4-2-6-18(20(27)28)25-14-32(29,30)15-31-13-16-7-11-23-12-8-16/h7-8,11-12,17-18,25H,1-6,9-10,13-15,21-22H2,(H,24,26)(H,27,28)/t17-,18-/m0/s1. The Bertz CT molecular complexity index is 780. The number of thioether (sulfide) groups is 1. The summed E-state index contributed by atoms with van der Waals surface area (Å²) >= 11 is 1.25. The summed E-state index contributed by atoms with van der Waals surface area (Å²) in [6, 6.07) is 2.09. The molecule has 0 fully saturated rings. The van der Waals surface area contributed by atoms with Crippen LogP contribution in [0.25, 0.3) is 0 Å². The number of rotatable bonds is 18. The molecule has 1 amide bonds. The SMILES string of the molecule is NCCCC[C@H](N)C(=O)NCCCC[C@H](NCS(=O)(=O)CSCc1ccncc1)C(=O)O. The fourth-order valence-electron chi connectivity index (χ4n) is 2.80. The van der Waals surface area contributed by atoms with E-state index in [1.807, 2.05) is 12.1 Å². The van der Waals surface area contributed by atoms with Gasteiger partial charge in [-0.05, 0) is 56.3 Å². The molecule has 0 radical (unpaired) electrons.